The second kappa shape index (κ2) is 7.12. The summed E-state index contributed by atoms with van der Waals surface area (Å²) < 4.78 is 5.89. The summed E-state index contributed by atoms with van der Waals surface area (Å²) in [7, 11) is 0. The number of para-hydroxylation sites is 1. The lowest BCUT2D eigenvalue weighted by Crippen LogP contribution is -2.15. The number of allylic oxidation sites excluding steroid dienone is 1. The highest BCUT2D eigenvalue weighted by Gasteiger charge is 2.11. The van der Waals surface area contributed by atoms with Gasteiger partial charge >= 0.3 is 5.97 Å². The van der Waals surface area contributed by atoms with Crippen molar-refractivity contribution in [3.05, 3.63) is 40.5 Å². The lowest BCUT2D eigenvalue weighted by molar-refractivity contribution is -0.138. The van der Waals surface area contributed by atoms with Crippen LogP contribution in [0.4, 0.5) is 5.69 Å². The molecule has 1 N–H and O–H groups in total. The zero-order chi connectivity index (χ0) is 12.7. The van der Waals surface area contributed by atoms with Crippen molar-refractivity contribution in [1.82, 2.24) is 0 Å². The Balaban J connectivity index is 2.85. The van der Waals surface area contributed by atoms with Gasteiger partial charge in [0.05, 0.1) is 12.3 Å². The number of ether oxygens (including phenoxy) is 1. The van der Waals surface area contributed by atoms with Crippen molar-refractivity contribution in [1.29, 1.82) is 0 Å². The van der Waals surface area contributed by atoms with Crippen molar-refractivity contribution in [3.63, 3.8) is 0 Å². The van der Waals surface area contributed by atoms with Crippen LogP contribution < -0.4 is 5.32 Å². The summed E-state index contributed by atoms with van der Waals surface area (Å²) >= 11 is 3.42. The molecule has 4 heteroatoms. The summed E-state index contributed by atoms with van der Waals surface area (Å²) in [6.07, 6.45) is 2.59. The lowest BCUT2D eigenvalue weighted by atomic mass is 10.3. The van der Waals surface area contributed by atoms with E-state index >= 15 is 0 Å². The van der Waals surface area contributed by atoms with E-state index < -0.39 is 0 Å². The third-order valence-corrected chi connectivity index (χ3v) is 2.74. The van der Waals surface area contributed by atoms with Crippen LogP contribution in [0.15, 0.2) is 40.5 Å². The smallest absolute Gasteiger partial charge is 0.354 e. The van der Waals surface area contributed by atoms with Crippen molar-refractivity contribution in [2.75, 3.05) is 11.9 Å². The van der Waals surface area contributed by atoms with Crippen LogP contribution in [0, 0.1) is 0 Å². The first-order valence-electron chi connectivity index (χ1n) is 5.57. The Morgan fingerprint density at radius 1 is 1.41 bits per heavy atom. The van der Waals surface area contributed by atoms with Gasteiger partial charge in [0, 0.05) is 4.47 Å². The van der Waals surface area contributed by atoms with Crippen LogP contribution in [0.3, 0.4) is 0 Å². The van der Waals surface area contributed by atoms with E-state index in [1.165, 1.54) is 0 Å². The largest absolute Gasteiger partial charge is 0.461 e. The molecule has 1 aromatic rings. The predicted octanol–water partition coefficient (Wildman–Crippen LogP) is 3.72. The molecule has 0 aliphatic heterocycles. The van der Waals surface area contributed by atoms with Crippen molar-refractivity contribution in [3.8, 4) is 0 Å². The van der Waals surface area contributed by atoms with Gasteiger partial charge in [0.1, 0.15) is 5.70 Å². The molecule has 0 spiro atoms. The van der Waals surface area contributed by atoms with Gasteiger partial charge in [-0.15, -0.1) is 0 Å². The van der Waals surface area contributed by atoms with Gasteiger partial charge in [0.25, 0.3) is 0 Å². The van der Waals surface area contributed by atoms with E-state index in [1.807, 2.05) is 37.3 Å². The maximum atomic E-state index is 11.7. The summed E-state index contributed by atoms with van der Waals surface area (Å²) in [5.41, 5.74) is 1.32. The van der Waals surface area contributed by atoms with Gasteiger partial charge in [0.2, 0.25) is 0 Å². The Kier molecular flexibility index (Phi) is 5.77. The Bertz CT molecular complexity index is 416. The highest BCUT2D eigenvalue weighted by molar-refractivity contribution is 9.10. The minimum absolute atomic E-state index is 0.329. The molecule has 0 aliphatic rings. The Hall–Kier alpha value is -1.29. The summed E-state index contributed by atoms with van der Waals surface area (Å²) in [5, 5.41) is 3.07. The van der Waals surface area contributed by atoms with Gasteiger partial charge in [-0.3, -0.25) is 0 Å². The van der Waals surface area contributed by atoms with E-state index in [2.05, 4.69) is 21.2 Å². The first-order valence-corrected chi connectivity index (χ1v) is 6.37. The number of hydrogen-bond donors (Lipinski definition) is 1. The molecule has 0 atom stereocenters. The van der Waals surface area contributed by atoms with Crippen LogP contribution in [-0.2, 0) is 9.53 Å². The molecule has 0 heterocycles. The summed E-state index contributed by atoms with van der Waals surface area (Å²) in [4.78, 5) is 11.7. The molecular formula is C13H16BrNO2. The topological polar surface area (TPSA) is 38.3 Å². The zero-order valence-electron chi connectivity index (χ0n) is 10.00. The van der Waals surface area contributed by atoms with E-state index in [0.717, 1.165) is 16.6 Å². The van der Waals surface area contributed by atoms with Crippen LogP contribution in [-0.4, -0.2) is 12.6 Å². The number of esters is 1. The van der Waals surface area contributed by atoms with Gasteiger partial charge in [-0.05, 0) is 41.4 Å². The van der Waals surface area contributed by atoms with Crippen LogP contribution >= 0.6 is 15.9 Å². The van der Waals surface area contributed by atoms with E-state index in [0.29, 0.717) is 12.3 Å². The molecule has 0 unspecified atom stereocenters. The SMILES string of the molecule is CC/C=C(/Nc1ccccc1Br)C(=O)OCC. The molecular weight excluding hydrogens is 282 g/mol. The normalized spacial score (nSPS) is 11.1. The first-order chi connectivity index (χ1) is 8.19. The third kappa shape index (κ3) is 4.23. The molecule has 0 radical (unpaired) electrons. The van der Waals surface area contributed by atoms with Gasteiger partial charge in [-0.1, -0.05) is 25.1 Å². The molecule has 1 aromatic carbocycles. The number of anilines is 1. The minimum Gasteiger partial charge on any atom is -0.461 e. The number of halogens is 1. The quantitative estimate of drug-likeness (QED) is 0.665. The van der Waals surface area contributed by atoms with Crippen molar-refractivity contribution < 1.29 is 9.53 Å². The Morgan fingerprint density at radius 3 is 2.71 bits per heavy atom. The fourth-order valence-electron chi connectivity index (χ4n) is 1.31. The average molecular weight is 298 g/mol. The maximum absolute atomic E-state index is 11.7. The van der Waals surface area contributed by atoms with Crippen LogP contribution in [0.2, 0.25) is 0 Å². The molecule has 0 aromatic heterocycles. The Morgan fingerprint density at radius 2 is 2.12 bits per heavy atom. The monoisotopic (exact) mass is 297 g/mol. The highest BCUT2D eigenvalue weighted by Crippen LogP contribution is 2.23. The molecule has 0 amide bonds. The second-order valence-electron chi connectivity index (χ2n) is 3.35. The van der Waals surface area contributed by atoms with Crippen molar-refractivity contribution >= 4 is 27.6 Å². The second-order valence-corrected chi connectivity index (χ2v) is 4.21. The molecule has 3 nitrogen and oxygen atoms in total. The van der Waals surface area contributed by atoms with E-state index in [9.17, 15) is 4.79 Å². The summed E-state index contributed by atoms with van der Waals surface area (Å²) in [5.74, 6) is -0.329. The third-order valence-electron chi connectivity index (χ3n) is 2.05. The van der Waals surface area contributed by atoms with Crippen LogP contribution in [0.25, 0.3) is 0 Å². The number of carbonyl (C=O) groups is 1. The Labute approximate surface area is 110 Å². The molecule has 0 fully saturated rings. The number of rotatable bonds is 5. The van der Waals surface area contributed by atoms with Crippen molar-refractivity contribution in [2.45, 2.75) is 20.3 Å². The van der Waals surface area contributed by atoms with Gasteiger partial charge < -0.3 is 10.1 Å². The molecule has 0 aliphatic carbocycles. The number of benzene rings is 1. The standard InChI is InChI=1S/C13H16BrNO2/c1-3-7-12(13(16)17-4-2)15-11-9-6-5-8-10(11)14/h5-9,15H,3-4H2,1-2H3/b12-7+. The zero-order valence-corrected chi connectivity index (χ0v) is 11.6. The summed E-state index contributed by atoms with van der Waals surface area (Å²) in [6.45, 7) is 4.14. The average Bonchev–Trinajstić information content (AvgIpc) is 2.31. The number of hydrogen-bond acceptors (Lipinski definition) is 3. The molecule has 0 bridgehead atoms. The minimum atomic E-state index is -0.329. The summed E-state index contributed by atoms with van der Waals surface area (Å²) in [6, 6.07) is 7.63. The first kappa shape index (κ1) is 13.8. The fourth-order valence-corrected chi connectivity index (χ4v) is 1.69. The maximum Gasteiger partial charge on any atom is 0.354 e. The van der Waals surface area contributed by atoms with E-state index in [1.54, 1.807) is 6.92 Å². The van der Waals surface area contributed by atoms with Crippen LogP contribution in [0.5, 0.6) is 0 Å². The van der Waals surface area contributed by atoms with Crippen molar-refractivity contribution in [2.24, 2.45) is 0 Å². The highest BCUT2D eigenvalue weighted by atomic mass is 79.9. The van der Waals surface area contributed by atoms with Gasteiger partial charge in [-0.25, -0.2) is 4.79 Å². The number of nitrogens with one attached hydrogen (secondary N) is 1. The lowest BCUT2D eigenvalue weighted by Gasteiger charge is -2.11. The molecule has 92 valence electrons. The molecule has 0 saturated carbocycles. The molecule has 0 saturated heterocycles. The van der Waals surface area contributed by atoms with Gasteiger partial charge in [0.15, 0.2) is 0 Å². The fraction of sp³-hybridized carbons (Fsp3) is 0.308. The predicted molar refractivity (Wildman–Crippen MR) is 72.8 cm³/mol. The van der Waals surface area contributed by atoms with Gasteiger partial charge in [-0.2, -0.15) is 0 Å². The molecule has 17 heavy (non-hydrogen) atoms. The molecule has 1 rings (SSSR count). The van der Waals surface area contributed by atoms with E-state index in [-0.39, 0.29) is 5.97 Å². The number of carbonyl (C=O) groups excluding carboxylic acids is 1. The van der Waals surface area contributed by atoms with Crippen LogP contribution in [0.1, 0.15) is 20.3 Å². The van der Waals surface area contributed by atoms with E-state index in [4.69, 9.17) is 4.74 Å².